The van der Waals surface area contributed by atoms with E-state index in [2.05, 4.69) is 5.32 Å². The average molecular weight is 524 g/mol. The maximum Gasteiger partial charge on any atom is 0.256 e. The molecular formula is C27H26ClN3O4S. The molecule has 1 N–H and O–H groups in total. The Kier molecular flexibility index (Phi) is 8.07. The van der Waals surface area contributed by atoms with Crippen LogP contribution in [0, 0.1) is 0 Å². The van der Waals surface area contributed by atoms with E-state index >= 15 is 0 Å². The van der Waals surface area contributed by atoms with Crippen LogP contribution in [0.25, 0.3) is 0 Å². The third-order valence-corrected chi connectivity index (χ3v) is 6.56. The van der Waals surface area contributed by atoms with Gasteiger partial charge in [0.05, 0.1) is 25.8 Å². The first-order chi connectivity index (χ1) is 17.4. The van der Waals surface area contributed by atoms with Gasteiger partial charge in [0.1, 0.15) is 17.5 Å². The molecule has 36 heavy (non-hydrogen) atoms. The van der Waals surface area contributed by atoms with Gasteiger partial charge >= 0.3 is 0 Å². The van der Waals surface area contributed by atoms with E-state index in [0.717, 1.165) is 5.56 Å². The molecule has 1 unspecified atom stereocenters. The Morgan fingerprint density at radius 3 is 2.33 bits per heavy atom. The molecule has 1 fully saturated rings. The lowest BCUT2D eigenvalue weighted by atomic mass is 10.1. The maximum absolute atomic E-state index is 13.6. The highest BCUT2D eigenvalue weighted by molar-refractivity contribution is 7.80. The van der Waals surface area contributed by atoms with E-state index < -0.39 is 6.04 Å². The Bertz CT molecular complexity index is 1250. The van der Waals surface area contributed by atoms with Crippen LogP contribution in [0.1, 0.15) is 18.9 Å². The highest BCUT2D eigenvalue weighted by Gasteiger charge is 2.44. The molecule has 2 amide bonds. The molecule has 0 spiro atoms. The Labute approximate surface area is 220 Å². The van der Waals surface area contributed by atoms with Crippen LogP contribution in [-0.2, 0) is 16.1 Å². The highest BCUT2D eigenvalue weighted by atomic mass is 35.5. The predicted molar refractivity (Wildman–Crippen MR) is 145 cm³/mol. The highest BCUT2D eigenvalue weighted by Crippen LogP contribution is 2.31. The summed E-state index contributed by atoms with van der Waals surface area (Å²) in [5, 5.41) is 3.73. The Morgan fingerprint density at radius 1 is 1.03 bits per heavy atom. The van der Waals surface area contributed by atoms with Crippen molar-refractivity contribution >= 4 is 52.1 Å². The molecule has 1 saturated heterocycles. The summed E-state index contributed by atoms with van der Waals surface area (Å²) >= 11 is 12.1. The summed E-state index contributed by atoms with van der Waals surface area (Å²) in [6, 6.07) is 20.7. The molecule has 3 aromatic rings. The summed E-state index contributed by atoms with van der Waals surface area (Å²) in [5.41, 5.74) is 2.02. The summed E-state index contributed by atoms with van der Waals surface area (Å²) in [5.74, 6) is 0.795. The molecule has 4 rings (SSSR count). The molecule has 0 bridgehead atoms. The van der Waals surface area contributed by atoms with Crippen molar-refractivity contribution in [2.45, 2.75) is 25.9 Å². The molecular weight excluding hydrogens is 498 g/mol. The lowest BCUT2D eigenvalue weighted by Gasteiger charge is -2.24. The normalized spacial score (nSPS) is 15.2. The van der Waals surface area contributed by atoms with Gasteiger partial charge in [0, 0.05) is 17.3 Å². The Balaban J connectivity index is 1.57. The topological polar surface area (TPSA) is 71.1 Å². The number of amides is 2. The number of hydrogen-bond donors (Lipinski definition) is 1. The van der Waals surface area contributed by atoms with Crippen molar-refractivity contribution < 1.29 is 19.1 Å². The predicted octanol–water partition coefficient (Wildman–Crippen LogP) is 5.28. The number of carbonyl (C=O) groups is 2. The number of methoxy groups -OCH3 is 1. The molecule has 1 aliphatic rings. The number of rotatable bonds is 9. The zero-order valence-electron chi connectivity index (χ0n) is 19.9. The molecule has 0 aliphatic carbocycles. The zero-order chi connectivity index (χ0) is 25.7. The molecule has 1 aliphatic heterocycles. The molecule has 0 saturated carbocycles. The van der Waals surface area contributed by atoms with Gasteiger partial charge in [-0.2, -0.15) is 0 Å². The first kappa shape index (κ1) is 25.5. The van der Waals surface area contributed by atoms with Crippen molar-refractivity contribution in [2.24, 2.45) is 0 Å². The second kappa shape index (κ2) is 11.4. The van der Waals surface area contributed by atoms with Crippen molar-refractivity contribution in [3.05, 3.63) is 83.4 Å². The summed E-state index contributed by atoms with van der Waals surface area (Å²) in [6.07, 6.45) is -0.0801. The number of anilines is 2. The van der Waals surface area contributed by atoms with E-state index in [1.54, 1.807) is 66.6 Å². The third kappa shape index (κ3) is 5.61. The van der Waals surface area contributed by atoms with E-state index in [9.17, 15) is 9.59 Å². The van der Waals surface area contributed by atoms with Gasteiger partial charge < -0.3 is 19.7 Å². The minimum atomic E-state index is -0.793. The molecule has 1 atom stereocenters. The fourth-order valence-corrected chi connectivity index (χ4v) is 4.56. The Hall–Kier alpha value is -3.62. The fourth-order valence-electron chi connectivity index (χ4n) is 3.98. The van der Waals surface area contributed by atoms with Crippen molar-refractivity contribution in [3.63, 3.8) is 0 Å². The van der Waals surface area contributed by atoms with Gasteiger partial charge in [0.2, 0.25) is 5.91 Å². The molecule has 0 aromatic heterocycles. The number of nitrogens with one attached hydrogen (secondary N) is 1. The Morgan fingerprint density at radius 2 is 1.69 bits per heavy atom. The quantitative estimate of drug-likeness (QED) is 0.385. The van der Waals surface area contributed by atoms with E-state index in [1.165, 1.54) is 4.90 Å². The third-order valence-electron chi connectivity index (χ3n) is 5.78. The molecule has 7 nitrogen and oxygen atoms in total. The van der Waals surface area contributed by atoms with Crippen molar-refractivity contribution in [1.82, 2.24) is 4.90 Å². The van der Waals surface area contributed by atoms with Crippen LogP contribution in [0.15, 0.2) is 72.8 Å². The van der Waals surface area contributed by atoms with Crippen LogP contribution < -0.4 is 19.7 Å². The second-order valence-electron chi connectivity index (χ2n) is 8.10. The first-order valence-electron chi connectivity index (χ1n) is 11.5. The van der Waals surface area contributed by atoms with Gasteiger partial charge in [0.15, 0.2) is 5.11 Å². The van der Waals surface area contributed by atoms with Gasteiger partial charge in [-0.15, -0.1) is 0 Å². The number of halogens is 1. The van der Waals surface area contributed by atoms with Crippen LogP contribution >= 0.6 is 23.8 Å². The lowest BCUT2D eigenvalue weighted by molar-refractivity contribution is -0.124. The number of nitrogens with zero attached hydrogens (tertiary/aromatic N) is 2. The molecule has 9 heteroatoms. The van der Waals surface area contributed by atoms with Gasteiger partial charge in [-0.1, -0.05) is 29.8 Å². The minimum Gasteiger partial charge on any atom is -0.497 e. The van der Waals surface area contributed by atoms with Crippen LogP contribution in [0.3, 0.4) is 0 Å². The number of ether oxygens (including phenoxy) is 2. The van der Waals surface area contributed by atoms with Crippen LogP contribution in [-0.4, -0.2) is 41.6 Å². The summed E-state index contributed by atoms with van der Waals surface area (Å²) in [7, 11) is 1.57. The van der Waals surface area contributed by atoms with Gasteiger partial charge in [-0.25, -0.2) is 0 Å². The second-order valence-corrected chi connectivity index (χ2v) is 8.87. The number of benzene rings is 3. The molecule has 1 heterocycles. The van der Waals surface area contributed by atoms with Gasteiger partial charge in [0.25, 0.3) is 5.91 Å². The monoisotopic (exact) mass is 523 g/mol. The molecule has 186 valence electrons. The fraction of sp³-hybridized carbons (Fsp3) is 0.222. The van der Waals surface area contributed by atoms with E-state index in [1.807, 2.05) is 25.1 Å². The molecule has 0 radical (unpaired) electrons. The number of thiocarbonyl (C=S) groups is 1. The van der Waals surface area contributed by atoms with Gasteiger partial charge in [-0.05, 0) is 79.3 Å². The van der Waals surface area contributed by atoms with E-state index in [0.29, 0.717) is 39.6 Å². The number of hydrogen-bond acceptors (Lipinski definition) is 5. The SMILES string of the molecule is CCOc1ccc(NC(=O)CC2C(=O)N(c3ccc(OC)cc3)C(=S)N2Cc2ccccc2Cl)cc1. The van der Waals surface area contributed by atoms with Crippen molar-refractivity contribution in [2.75, 3.05) is 23.9 Å². The van der Waals surface area contributed by atoms with E-state index in [4.69, 9.17) is 33.3 Å². The summed E-state index contributed by atoms with van der Waals surface area (Å²) in [6.45, 7) is 2.75. The van der Waals surface area contributed by atoms with E-state index in [-0.39, 0.29) is 24.8 Å². The zero-order valence-corrected chi connectivity index (χ0v) is 21.5. The average Bonchev–Trinajstić information content (AvgIpc) is 3.10. The summed E-state index contributed by atoms with van der Waals surface area (Å²) < 4.78 is 10.7. The number of carbonyl (C=O) groups excluding carboxylic acids is 2. The van der Waals surface area contributed by atoms with Crippen LogP contribution in [0.4, 0.5) is 11.4 Å². The largest absolute Gasteiger partial charge is 0.497 e. The first-order valence-corrected chi connectivity index (χ1v) is 12.2. The van der Waals surface area contributed by atoms with Crippen LogP contribution in [0.2, 0.25) is 5.02 Å². The molecule has 3 aromatic carbocycles. The minimum absolute atomic E-state index is 0.0801. The van der Waals surface area contributed by atoms with Crippen LogP contribution in [0.5, 0.6) is 11.5 Å². The standard InChI is InChI=1S/C27H26ClN3O4S/c1-3-35-22-12-8-19(9-13-22)29-25(32)16-24-26(33)31(20-10-14-21(34-2)15-11-20)27(36)30(24)17-18-6-4-5-7-23(18)28/h4-15,24H,3,16-17H2,1-2H3,(H,29,32). The maximum atomic E-state index is 13.6. The van der Waals surface area contributed by atoms with Crippen molar-refractivity contribution in [1.29, 1.82) is 0 Å². The lowest BCUT2D eigenvalue weighted by Crippen LogP contribution is -2.37. The van der Waals surface area contributed by atoms with Gasteiger partial charge in [-0.3, -0.25) is 14.5 Å². The smallest absolute Gasteiger partial charge is 0.256 e. The summed E-state index contributed by atoms with van der Waals surface area (Å²) in [4.78, 5) is 29.8. The van der Waals surface area contributed by atoms with Crippen molar-refractivity contribution in [3.8, 4) is 11.5 Å².